The lowest BCUT2D eigenvalue weighted by Crippen LogP contribution is -2.00. The number of halogens is 1. The van der Waals surface area contributed by atoms with E-state index in [-0.39, 0.29) is 0 Å². The molecule has 0 spiro atoms. The zero-order valence-electron chi connectivity index (χ0n) is 8.62. The molecule has 0 saturated carbocycles. The van der Waals surface area contributed by atoms with Crippen LogP contribution in [-0.2, 0) is 4.79 Å². The molecule has 2 aromatic heterocycles. The van der Waals surface area contributed by atoms with Crippen LogP contribution < -0.4 is 0 Å². The van der Waals surface area contributed by atoms with E-state index in [9.17, 15) is 4.79 Å². The Labute approximate surface area is 111 Å². The molecule has 2 rings (SSSR count). The summed E-state index contributed by atoms with van der Waals surface area (Å²) in [5, 5.41) is 12.7. The molecule has 17 heavy (non-hydrogen) atoms. The lowest BCUT2D eigenvalue weighted by molar-refractivity contribution is -0.131. The lowest BCUT2D eigenvalue weighted by atomic mass is 10.2. The van der Waals surface area contributed by atoms with Crippen molar-refractivity contribution >= 4 is 34.6 Å². The second kappa shape index (κ2) is 5.09. The van der Waals surface area contributed by atoms with Gasteiger partial charge in [-0.25, -0.2) is 14.5 Å². The second-order valence-electron chi connectivity index (χ2n) is 3.19. The van der Waals surface area contributed by atoms with E-state index >= 15 is 0 Å². The van der Waals surface area contributed by atoms with Gasteiger partial charge in [0, 0.05) is 24.0 Å². The Bertz CT molecular complexity index is 578. The molecule has 0 aliphatic carbocycles. The maximum Gasteiger partial charge on any atom is 0.328 e. The third-order valence-electron chi connectivity index (χ3n) is 1.99. The van der Waals surface area contributed by atoms with Crippen molar-refractivity contribution in [2.45, 2.75) is 0 Å². The third-order valence-corrected chi connectivity index (χ3v) is 2.55. The van der Waals surface area contributed by atoms with Crippen LogP contribution in [0.1, 0.15) is 5.56 Å². The van der Waals surface area contributed by atoms with Crippen molar-refractivity contribution in [1.82, 2.24) is 14.8 Å². The van der Waals surface area contributed by atoms with Crippen molar-refractivity contribution in [1.29, 1.82) is 0 Å². The van der Waals surface area contributed by atoms with E-state index in [0.29, 0.717) is 11.4 Å². The number of nitrogens with zero attached hydrogens (tertiary/aromatic N) is 3. The molecule has 0 saturated heterocycles. The highest BCUT2D eigenvalue weighted by Gasteiger charge is 2.04. The summed E-state index contributed by atoms with van der Waals surface area (Å²) in [7, 11) is 0. The van der Waals surface area contributed by atoms with Crippen LogP contribution in [0.25, 0.3) is 11.9 Å². The predicted octanol–water partition coefficient (Wildman–Crippen LogP) is 1.97. The Hall–Kier alpha value is -1.70. The predicted molar refractivity (Wildman–Crippen MR) is 70.7 cm³/mol. The average molecular weight is 341 g/mol. The van der Waals surface area contributed by atoms with Crippen LogP contribution in [0.2, 0.25) is 0 Å². The van der Waals surface area contributed by atoms with Gasteiger partial charge in [-0.15, -0.1) is 0 Å². The molecule has 0 amide bonds. The van der Waals surface area contributed by atoms with Gasteiger partial charge >= 0.3 is 5.97 Å². The Kier molecular flexibility index (Phi) is 3.52. The zero-order valence-corrected chi connectivity index (χ0v) is 10.8. The van der Waals surface area contributed by atoms with Crippen molar-refractivity contribution in [2.24, 2.45) is 0 Å². The third kappa shape index (κ3) is 2.90. The van der Waals surface area contributed by atoms with Gasteiger partial charge in [0.25, 0.3) is 0 Å². The maximum absolute atomic E-state index is 10.5. The van der Waals surface area contributed by atoms with E-state index in [2.05, 4.69) is 32.7 Å². The summed E-state index contributed by atoms with van der Waals surface area (Å²) < 4.78 is 2.60. The molecule has 5 nitrogen and oxygen atoms in total. The van der Waals surface area contributed by atoms with Crippen molar-refractivity contribution in [3.8, 4) is 5.82 Å². The molecule has 0 bridgehead atoms. The molecule has 0 aliphatic heterocycles. The van der Waals surface area contributed by atoms with Gasteiger partial charge in [0.1, 0.15) is 0 Å². The van der Waals surface area contributed by atoms with Crippen molar-refractivity contribution in [2.75, 3.05) is 0 Å². The number of hydrogen-bond acceptors (Lipinski definition) is 3. The topological polar surface area (TPSA) is 68.0 Å². The normalized spacial score (nSPS) is 10.9. The van der Waals surface area contributed by atoms with Crippen LogP contribution in [-0.4, -0.2) is 25.8 Å². The molecule has 0 atom stereocenters. The highest BCUT2D eigenvalue weighted by Crippen LogP contribution is 2.13. The van der Waals surface area contributed by atoms with Crippen LogP contribution in [0.4, 0.5) is 0 Å². The number of aliphatic carboxylic acids is 1. The SMILES string of the molecule is O=C(O)/C=C/c1cccnc1-n1cc(I)cn1. The minimum atomic E-state index is -0.991. The molecule has 0 aliphatic rings. The molecule has 6 heteroatoms. The van der Waals surface area contributed by atoms with Gasteiger partial charge in [0.05, 0.1) is 9.77 Å². The smallest absolute Gasteiger partial charge is 0.328 e. The van der Waals surface area contributed by atoms with Crippen LogP contribution in [0.5, 0.6) is 0 Å². The van der Waals surface area contributed by atoms with E-state index < -0.39 is 5.97 Å². The largest absolute Gasteiger partial charge is 0.478 e. The first-order chi connectivity index (χ1) is 8.16. The van der Waals surface area contributed by atoms with E-state index in [0.717, 1.165) is 9.65 Å². The summed E-state index contributed by atoms with van der Waals surface area (Å²) in [4.78, 5) is 14.7. The van der Waals surface area contributed by atoms with Crippen LogP contribution in [0, 0.1) is 3.57 Å². The number of pyridine rings is 1. The second-order valence-corrected chi connectivity index (χ2v) is 4.44. The molecular formula is C11H8IN3O2. The summed E-state index contributed by atoms with van der Waals surface area (Å²) in [6.45, 7) is 0. The number of aromatic nitrogens is 3. The van der Waals surface area contributed by atoms with Crippen LogP contribution in [0.3, 0.4) is 0 Å². The van der Waals surface area contributed by atoms with Crippen molar-refractivity contribution in [3.05, 3.63) is 45.9 Å². The van der Waals surface area contributed by atoms with Crippen LogP contribution in [0.15, 0.2) is 36.8 Å². The fourth-order valence-electron chi connectivity index (χ4n) is 1.31. The highest BCUT2D eigenvalue weighted by molar-refractivity contribution is 14.1. The molecule has 2 aromatic rings. The minimum Gasteiger partial charge on any atom is -0.478 e. The average Bonchev–Trinajstić information content (AvgIpc) is 2.73. The van der Waals surface area contributed by atoms with Gasteiger partial charge < -0.3 is 5.11 Å². The van der Waals surface area contributed by atoms with Gasteiger partial charge in [-0.2, -0.15) is 5.10 Å². The van der Waals surface area contributed by atoms with Crippen molar-refractivity contribution in [3.63, 3.8) is 0 Å². The fraction of sp³-hybridized carbons (Fsp3) is 0. The number of carboxylic acids is 1. The van der Waals surface area contributed by atoms with E-state index in [4.69, 9.17) is 5.11 Å². The Morgan fingerprint density at radius 3 is 3.00 bits per heavy atom. The summed E-state index contributed by atoms with van der Waals surface area (Å²) in [5.74, 6) is -0.386. The molecular weight excluding hydrogens is 333 g/mol. The van der Waals surface area contributed by atoms with Crippen LogP contribution >= 0.6 is 22.6 Å². The van der Waals surface area contributed by atoms with E-state index in [1.807, 2.05) is 6.20 Å². The molecule has 86 valence electrons. The monoisotopic (exact) mass is 341 g/mol. The van der Waals surface area contributed by atoms with Crippen molar-refractivity contribution < 1.29 is 9.90 Å². The maximum atomic E-state index is 10.5. The minimum absolute atomic E-state index is 0.605. The summed E-state index contributed by atoms with van der Waals surface area (Å²) in [6, 6.07) is 3.54. The molecule has 0 unspecified atom stereocenters. The summed E-state index contributed by atoms with van der Waals surface area (Å²) in [6.07, 6.45) is 7.75. The first-order valence-corrected chi connectivity index (χ1v) is 5.81. The van der Waals surface area contributed by atoms with Gasteiger partial charge in [0.15, 0.2) is 5.82 Å². The molecule has 2 heterocycles. The standard InChI is InChI=1S/C11H8IN3O2/c12-9-6-14-15(7-9)11-8(2-1-5-13-11)3-4-10(16)17/h1-7H,(H,16,17)/b4-3+. The van der Waals surface area contributed by atoms with Gasteiger partial charge in [0.2, 0.25) is 0 Å². The number of hydrogen-bond donors (Lipinski definition) is 1. The highest BCUT2D eigenvalue weighted by atomic mass is 127. The Morgan fingerprint density at radius 1 is 1.53 bits per heavy atom. The Morgan fingerprint density at radius 2 is 2.35 bits per heavy atom. The van der Waals surface area contributed by atoms with E-state index in [1.165, 1.54) is 6.08 Å². The van der Waals surface area contributed by atoms with E-state index in [1.54, 1.807) is 29.2 Å². The number of carbonyl (C=O) groups is 1. The Balaban J connectivity index is 2.44. The summed E-state index contributed by atoms with van der Waals surface area (Å²) >= 11 is 2.15. The first-order valence-electron chi connectivity index (χ1n) is 4.73. The molecule has 0 fully saturated rings. The number of carboxylic acid groups (broad SMARTS) is 1. The lowest BCUT2D eigenvalue weighted by Gasteiger charge is -2.03. The molecule has 1 N–H and O–H groups in total. The first kappa shape index (κ1) is 11.8. The fourth-order valence-corrected chi connectivity index (χ4v) is 1.70. The molecule has 0 radical (unpaired) electrons. The summed E-state index contributed by atoms with van der Waals surface area (Å²) in [5.41, 5.74) is 0.703. The molecule has 0 aromatic carbocycles. The number of rotatable bonds is 3. The van der Waals surface area contributed by atoms with Gasteiger partial charge in [-0.05, 0) is 40.8 Å². The van der Waals surface area contributed by atoms with Gasteiger partial charge in [-0.3, -0.25) is 0 Å². The zero-order chi connectivity index (χ0) is 12.3. The quantitative estimate of drug-likeness (QED) is 0.685. The van der Waals surface area contributed by atoms with Gasteiger partial charge in [-0.1, -0.05) is 0 Å².